The second-order valence-corrected chi connectivity index (χ2v) is 12.3. The fraction of sp³-hybridized carbons (Fsp3) is 0.632. The Hall–Kier alpha value is -0.883. The summed E-state index contributed by atoms with van der Waals surface area (Å²) in [5.41, 5.74) is 1.95. The average Bonchev–Trinajstić information content (AvgIpc) is 2.53. The maximum Gasteiger partial charge on any atom is 0.344 e. The van der Waals surface area contributed by atoms with Crippen molar-refractivity contribution in [3.63, 3.8) is 0 Å². The van der Waals surface area contributed by atoms with E-state index >= 15 is 0 Å². The molecule has 0 spiro atoms. The first-order chi connectivity index (χ1) is 11.8. The van der Waals surface area contributed by atoms with Gasteiger partial charge in [-0.05, 0) is 50.7 Å². The maximum atomic E-state index is 6.39. The van der Waals surface area contributed by atoms with Gasteiger partial charge in [-0.1, -0.05) is 48.7 Å². The van der Waals surface area contributed by atoms with E-state index in [2.05, 4.69) is 31.7 Å². The standard InChI is InChI=1S/C19H30ClNO3Si/c1-6-8-9-16-14-18(15-10-12-17(20)13-11-15)21-23-19(16,22-7-2)24-25(3,4)5/h10-13,16H,6-9,14H2,1-5H3. The Balaban J connectivity index is 2.32. The number of oxime groups is 1. The van der Waals surface area contributed by atoms with Crippen molar-refractivity contribution < 1.29 is 14.0 Å². The van der Waals surface area contributed by atoms with Crippen LogP contribution < -0.4 is 0 Å². The Morgan fingerprint density at radius 2 is 1.92 bits per heavy atom. The van der Waals surface area contributed by atoms with Crippen LogP contribution >= 0.6 is 11.6 Å². The molecule has 0 amide bonds. The highest BCUT2D eigenvalue weighted by Crippen LogP contribution is 2.39. The van der Waals surface area contributed by atoms with Crippen molar-refractivity contribution in [3.8, 4) is 0 Å². The normalized spacial score (nSPS) is 23.9. The lowest BCUT2D eigenvalue weighted by Crippen LogP contribution is -2.53. The molecule has 25 heavy (non-hydrogen) atoms. The Bertz CT molecular complexity index is 585. The summed E-state index contributed by atoms with van der Waals surface area (Å²) < 4.78 is 12.4. The summed E-state index contributed by atoms with van der Waals surface area (Å²) >= 11 is 6.00. The minimum absolute atomic E-state index is 0.113. The molecular weight excluding hydrogens is 354 g/mol. The Labute approximate surface area is 157 Å². The van der Waals surface area contributed by atoms with Gasteiger partial charge in [0.25, 0.3) is 0 Å². The van der Waals surface area contributed by atoms with Crippen molar-refractivity contribution in [3.05, 3.63) is 34.9 Å². The lowest BCUT2D eigenvalue weighted by Gasteiger charge is -2.43. The molecule has 6 heteroatoms. The van der Waals surface area contributed by atoms with Crippen molar-refractivity contribution >= 4 is 25.6 Å². The van der Waals surface area contributed by atoms with Gasteiger partial charge in [0.15, 0.2) is 8.32 Å². The molecule has 1 heterocycles. The van der Waals surface area contributed by atoms with Crippen molar-refractivity contribution in [2.75, 3.05) is 6.61 Å². The predicted octanol–water partition coefficient (Wildman–Crippen LogP) is 5.81. The second kappa shape index (κ2) is 8.67. The van der Waals surface area contributed by atoms with Gasteiger partial charge in [-0.2, -0.15) is 0 Å². The molecule has 140 valence electrons. The van der Waals surface area contributed by atoms with Gasteiger partial charge in [0, 0.05) is 11.4 Å². The van der Waals surface area contributed by atoms with Crippen LogP contribution in [0.2, 0.25) is 24.7 Å². The van der Waals surface area contributed by atoms with Gasteiger partial charge in [-0.3, -0.25) is 0 Å². The number of rotatable bonds is 8. The number of benzene rings is 1. The van der Waals surface area contributed by atoms with Crippen molar-refractivity contribution in [2.45, 2.75) is 65.1 Å². The largest absolute Gasteiger partial charge is 0.358 e. The van der Waals surface area contributed by atoms with Crippen LogP contribution in [0.1, 0.15) is 45.1 Å². The third-order valence-corrected chi connectivity index (χ3v) is 5.25. The molecule has 0 fully saturated rings. The van der Waals surface area contributed by atoms with Crippen molar-refractivity contribution in [1.82, 2.24) is 0 Å². The molecule has 1 aromatic carbocycles. The monoisotopic (exact) mass is 383 g/mol. The zero-order valence-corrected chi connectivity index (χ0v) is 17.7. The minimum Gasteiger partial charge on any atom is -0.358 e. The molecule has 0 aromatic heterocycles. The predicted molar refractivity (Wildman–Crippen MR) is 105 cm³/mol. The molecule has 1 aliphatic rings. The fourth-order valence-corrected chi connectivity index (χ4v) is 4.28. The van der Waals surface area contributed by atoms with Gasteiger partial charge < -0.3 is 14.0 Å². The van der Waals surface area contributed by atoms with Crippen molar-refractivity contribution in [2.24, 2.45) is 11.1 Å². The Kier molecular flexibility index (Phi) is 7.08. The van der Waals surface area contributed by atoms with Gasteiger partial charge in [0.1, 0.15) is 0 Å². The third-order valence-electron chi connectivity index (χ3n) is 4.10. The first kappa shape index (κ1) is 20.4. The van der Waals surface area contributed by atoms with Crippen LogP contribution in [-0.2, 0) is 14.0 Å². The van der Waals surface area contributed by atoms with E-state index in [0.717, 1.165) is 37.0 Å². The van der Waals surface area contributed by atoms with E-state index in [1.54, 1.807) is 0 Å². The van der Waals surface area contributed by atoms with Gasteiger partial charge in [-0.15, -0.1) is 0 Å². The van der Waals surface area contributed by atoms with Crippen LogP contribution in [0, 0.1) is 5.92 Å². The number of nitrogens with zero attached hydrogens (tertiary/aromatic N) is 1. The third kappa shape index (κ3) is 5.54. The molecule has 4 nitrogen and oxygen atoms in total. The highest BCUT2D eigenvalue weighted by molar-refractivity contribution is 6.69. The van der Waals surface area contributed by atoms with Crippen LogP contribution in [0.25, 0.3) is 0 Å². The highest BCUT2D eigenvalue weighted by Gasteiger charge is 2.49. The van der Waals surface area contributed by atoms with E-state index in [0.29, 0.717) is 11.6 Å². The summed E-state index contributed by atoms with van der Waals surface area (Å²) in [5.74, 6) is -0.952. The lowest BCUT2D eigenvalue weighted by molar-refractivity contribution is -0.379. The van der Waals surface area contributed by atoms with Crippen LogP contribution in [-0.4, -0.2) is 26.6 Å². The average molecular weight is 384 g/mol. The molecule has 0 saturated carbocycles. The lowest BCUT2D eigenvalue weighted by atomic mass is 9.90. The Morgan fingerprint density at radius 3 is 2.48 bits per heavy atom. The SMILES string of the molecule is CCCCC1CC(c2ccc(Cl)cc2)=NOC1(OCC)O[Si](C)(C)C. The number of hydrogen-bond donors (Lipinski definition) is 0. The van der Waals surface area contributed by atoms with E-state index in [1.807, 2.05) is 31.2 Å². The van der Waals surface area contributed by atoms with Gasteiger partial charge in [-0.25, -0.2) is 0 Å². The smallest absolute Gasteiger partial charge is 0.344 e. The van der Waals surface area contributed by atoms with Gasteiger partial charge in [0.05, 0.1) is 18.2 Å². The molecule has 2 unspecified atom stereocenters. The number of unbranched alkanes of at least 4 members (excludes halogenated alkanes) is 1. The zero-order chi connectivity index (χ0) is 18.5. The molecule has 2 rings (SSSR count). The molecule has 0 bridgehead atoms. The summed E-state index contributed by atoms with van der Waals surface area (Å²) in [6.07, 6.45) is 3.98. The molecule has 0 N–H and O–H groups in total. The molecule has 2 atom stereocenters. The van der Waals surface area contributed by atoms with E-state index < -0.39 is 14.3 Å². The van der Waals surface area contributed by atoms with E-state index in [9.17, 15) is 0 Å². The number of hydrogen-bond acceptors (Lipinski definition) is 4. The number of halogens is 1. The van der Waals surface area contributed by atoms with Crippen LogP contribution in [0.15, 0.2) is 29.4 Å². The van der Waals surface area contributed by atoms with E-state index in [4.69, 9.17) is 25.6 Å². The summed E-state index contributed by atoms with van der Waals surface area (Å²) in [4.78, 5) is 5.93. The molecular formula is C19H30ClNO3Si. The quantitative estimate of drug-likeness (QED) is 0.420. The summed E-state index contributed by atoms with van der Waals surface area (Å²) in [5, 5.41) is 5.11. The van der Waals surface area contributed by atoms with Gasteiger partial charge >= 0.3 is 5.97 Å². The molecule has 0 radical (unpaired) electrons. The summed E-state index contributed by atoms with van der Waals surface area (Å²) in [6, 6.07) is 7.72. The molecule has 1 aliphatic heterocycles. The number of ether oxygens (including phenoxy) is 1. The Morgan fingerprint density at radius 1 is 1.24 bits per heavy atom. The fourth-order valence-electron chi connectivity index (χ4n) is 3.03. The highest BCUT2D eigenvalue weighted by atomic mass is 35.5. The van der Waals surface area contributed by atoms with Crippen LogP contribution in [0.4, 0.5) is 0 Å². The first-order valence-corrected chi connectivity index (χ1v) is 12.9. The minimum atomic E-state index is -1.88. The molecule has 1 aromatic rings. The van der Waals surface area contributed by atoms with Crippen LogP contribution in [0.3, 0.4) is 0 Å². The molecule has 0 aliphatic carbocycles. The first-order valence-electron chi connectivity index (χ1n) is 9.14. The summed E-state index contributed by atoms with van der Waals surface area (Å²) in [6.45, 7) is 11.1. The van der Waals surface area contributed by atoms with E-state index in [1.165, 1.54) is 0 Å². The van der Waals surface area contributed by atoms with Crippen LogP contribution in [0.5, 0.6) is 0 Å². The second-order valence-electron chi connectivity index (χ2n) is 7.43. The maximum absolute atomic E-state index is 6.39. The topological polar surface area (TPSA) is 40.0 Å². The summed E-state index contributed by atoms with van der Waals surface area (Å²) in [7, 11) is -1.88. The molecule has 0 saturated heterocycles. The van der Waals surface area contributed by atoms with Crippen molar-refractivity contribution in [1.29, 1.82) is 0 Å². The van der Waals surface area contributed by atoms with E-state index in [-0.39, 0.29) is 5.92 Å². The van der Waals surface area contributed by atoms with Gasteiger partial charge in [0.2, 0.25) is 0 Å². The zero-order valence-electron chi connectivity index (χ0n) is 16.0.